The van der Waals surface area contributed by atoms with Gasteiger partial charge >= 0.3 is 0 Å². The number of aliphatic imine (C=N–C) groups is 1. The SMILES string of the molecule is COc1ccc(CSN2C=NCC2)cc1. The molecular weight excluding hydrogens is 208 g/mol. The number of ether oxygens (including phenoxy) is 1. The summed E-state index contributed by atoms with van der Waals surface area (Å²) < 4.78 is 7.28. The molecule has 1 heterocycles. The Kier molecular flexibility index (Phi) is 3.50. The summed E-state index contributed by atoms with van der Waals surface area (Å²) in [6.07, 6.45) is 1.91. The highest BCUT2D eigenvalue weighted by Gasteiger charge is 2.05. The molecule has 0 amide bonds. The fourth-order valence-corrected chi connectivity index (χ4v) is 2.19. The first-order valence-electron chi connectivity index (χ1n) is 4.91. The molecule has 80 valence electrons. The predicted octanol–water partition coefficient (Wildman–Crippen LogP) is 2.19. The number of hydrogen-bond acceptors (Lipinski definition) is 4. The first-order valence-corrected chi connectivity index (χ1v) is 5.85. The average molecular weight is 222 g/mol. The molecule has 1 aromatic rings. The van der Waals surface area contributed by atoms with Crippen LogP contribution < -0.4 is 4.74 Å². The summed E-state index contributed by atoms with van der Waals surface area (Å²) in [5, 5.41) is 0. The van der Waals surface area contributed by atoms with E-state index >= 15 is 0 Å². The van der Waals surface area contributed by atoms with Crippen LogP contribution in [0.1, 0.15) is 5.56 Å². The molecule has 0 saturated heterocycles. The smallest absolute Gasteiger partial charge is 0.118 e. The molecule has 4 heteroatoms. The van der Waals surface area contributed by atoms with Gasteiger partial charge in [0.25, 0.3) is 0 Å². The van der Waals surface area contributed by atoms with Gasteiger partial charge in [-0.3, -0.25) is 4.99 Å². The first kappa shape index (κ1) is 10.4. The van der Waals surface area contributed by atoms with Gasteiger partial charge in [-0.1, -0.05) is 12.1 Å². The third-order valence-electron chi connectivity index (χ3n) is 2.22. The topological polar surface area (TPSA) is 24.8 Å². The van der Waals surface area contributed by atoms with Crippen molar-refractivity contribution in [2.75, 3.05) is 20.2 Å². The minimum atomic E-state index is 0.909. The lowest BCUT2D eigenvalue weighted by molar-refractivity contribution is 0.414. The Hall–Kier alpha value is -1.16. The van der Waals surface area contributed by atoms with Crippen LogP contribution in [0.4, 0.5) is 0 Å². The summed E-state index contributed by atoms with van der Waals surface area (Å²) >= 11 is 1.79. The lowest BCUT2D eigenvalue weighted by atomic mass is 10.2. The second kappa shape index (κ2) is 5.07. The molecule has 1 aromatic carbocycles. The third kappa shape index (κ3) is 2.89. The van der Waals surface area contributed by atoms with Gasteiger partial charge < -0.3 is 9.04 Å². The van der Waals surface area contributed by atoms with Crippen LogP contribution >= 0.6 is 11.9 Å². The van der Waals surface area contributed by atoms with Crippen LogP contribution in [0.5, 0.6) is 5.75 Å². The van der Waals surface area contributed by atoms with Crippen molar-refractivity contribution in [1.29, 1.82) is 0 Å². The number of benzene rings is 1. The van der Waals surface area contributed by atoms with Crippen LogP contribution in [-0.2, 0) is 5.75 Å². The van der Waals surface area contributed by atoms with Gasteiger partial charge in [0, 0.05) is 5.75 Å². The molecule has 0 bridgehead atoms. The molecule has 3 nitrogen and oxygen atoms in total. The van der Waals surface area contributed by atoms with E-state index in [1.807, 2.05) is 18.5 Å². The zero-order valence-corrected chi connectivity index (χ0v) is 9.54. The van der Waals surface area contributed by atoms with Crippen LogP contribution in [0.25, 0.3) is 0 Å². The number of hydrogen-bond donors (Lipinski definition) is 0. The Morgan fingerprint density at radius 1 is 1.40 bits per heavy atom. The predicted molar refractivity (Wildman–Crippen MR) is 64.4 cm³/mol. The molecule has 15 heavy (non-hydrogen) atoms. The summed E-state index contributed by atoms with van der Waals surface area (Å²) in [4.78, 5) is 4.16. The Labute approximate surface area is 94.3 Å². The van der Waals surface area contributed by atoms with Gasteiger partial charge in [0.15, 0.2) is 0 Å². The van der Waals surface area contributed by atoms with Gasteiger partial charge in [0.05, 0.1) is 26.5 Å². The zero-order chi connectivity index (χ0) is 10.5. The molecule has 0 spiro atoms. The normalized spacial score (nSPS) is 14.6. The molecular formula is C11H14N2OS. The van der Waals surface area contributed by atoms with E-state index in [2.05, 4.69) is 21.4 Å². The summed E-state index contributed by atoms with van der Waals surface area (Å²) in [7, 11) is 1.68. The van der Waals surface area contributed by atoms with Crippen molar-refractivity contribution >= 4 is 18.3 Å². The maximum absolute atomic E-state index is 5.11. The van der Waals surface area contributed by atoms with Crippen molar-refractivity contribution in [2.24, 2.45) is 4.99 Å². The lowest BCUT2D eigenvalue weighted by Crippen LogP contribution is -2.10. The molecule has 1 aliphatic rings. The lowest BCUT2D eigenvalue weighted by Gasteiger charge is -2.11. The molecule has 0 radical (unpaired) electrons. The molecule has 0 aromatic heterocycles. The van der Waals surface area contributed by atoms with Gasteiger partial charge in [0.2, 0.25) is 0 Å². The maximum Gasteiger partial charge on any atom is 0.118 e. The largest absolute Gasteiger partial charge is 0.497 e. The van der Waals surface area contributed by atoms with Crippen molar-refractivity contribution in [1.82, 2.24) is 4.31 Å². The molecule has 1 aliphatic heterocycles. The highest BCUT2D eigenvalue weighted by molar-refractivity contribution is 7.96. The van der Waals surface area contributed by atoms with E-state index in [-0.39, 0.29) is 0 Å². The van der Waals surface area contributed by atoms with Crippen LogP contribution in [0, 0.1) is 0 Å². The zero-order valence-electron chi connectivity index (χ0n) is 8.72. The molecule has 0 N–H and O–H groups in total. The summed E-state index contributed by atoms with van der Waals surface area (Å²) in [5.41, 5.74) is 1.31. The number of rotatable bonds is 4. The van der Waals surface area contributed by atoms with Gasteiger partial charge in [0.1, 0.15) is 5.75 Å². The van der Waals surface area contributed by atoms with E-state index in [0.29, 0.717) is 0 Å². The van der Waals surface area contributed by atoms with E-state index in [1.165, 1.54) is 5.56 Å². The van der Waals surface area contributed by atoms with Gasteiger partial charge in [-0.2, -0.15) is 0 Å². The maximum atomic E-state index is 5.11. The Balaban J connectivity index is 1.85. The van der Waals surface area contributed by atoms with Crippen molar-refractivity contribution in [3.63, 3.8) is 0 Å². The minimum absolute atomic E-state index is 0.909. The van der Waals surface area contributed by atoms with Crippen LogP contribution in [0.2, 0.25) is 0 Å². The monoisotopic (exact) mass is 222 g/mol. The van der Waals surface area contributed by atoms with Crippen LogP contribution in [-0.4, -0.2) is 30.8 Å². The van der Waals surface area contributed by atoms with Crippen molar-refractivity contribution in [2.45, 2.75) is 5.75 Å². The molecule has 0 atom stereocenters. The number of methoxy groups -OCH3 is 1. The highest BCUT2D eigenvalue weighted by atomic mass is 32.2. The fraction of sp³-hybridized carbons (Fsp3) is 0.364. The fourth-order valence-electron chi connectivity index (χ4n) is 1.34. The first-order chi connectivity index (χ1) is 7.38. The Bertz CT molecular complexity index is 337. The van der Waals surface area contributed by atoms with Gasteiger partial charge in [-0.25, -0.2) is 0 Å². The van der Waals surface area contributed by atoms with E-state index in [4.69, 9.17) is 4.74 Å². The van der Waals surface area contributed by atoms with Crippen LogP contribution in [0.3, 0.4) is 0 Å². The average Bonchev–Trinajstić information content (AvgIpc) is 2.80. The summed E-state index contributed by atoms with van der Waals surface area (Å²) in [5.74, 6) is 1.89. The molecule has 0 unspecified atom stereocenters. The van der Waals surface area contributed by atoms with Crippen molar-refractivity contribution in [3.05, 3.63) is 29.8 Å². The summed E-state index contributed by atoms with van der Waals surface area (Å²) in [6, 6.07) is 8.18. The van der Waals surface area contributed by atoms with Crippen LogP contribution in [0.15, 0.2) is 29.3 Å². The summed E-state index contributed by atoms with van der Waals surface area (Å²) in [6.45, 7) is 1.95. The van der Waals surface area contributed by atoms with E-state index in [0.717, 1.165) is 24.6 Å². The Morgan fingerprint density at radius 3 is 2.80 bits per heavy atom. The van der Waals surface area contributed by atoms with E-state index in [1.54, 1.807) is 19.1 Å². The quantitative estimate of drug-likeness (QED) is 0.730. The van der Waals surface area contributed by atoms with Gasteiger partial charge in [-0.15, -0.1) is 0 Å². The van der Waals surface area contributed by atoms with Gasteiger partial charge in [-0.05, 0) is 29.6 Å². The van der Waals surface area contributed by atoms with E-state index in [9.17, 15) is 0 Å². The highest BCUT2D eigenvalue weighted by Crippen LogP contribution is 2.19. The van der Waals surface area contributed by atoms with E-state index < -0.39 is 0 Å². The second-order valence-corrected chi connectivity index (χ2v) is 4.30. The third-order valence-corrected chi connectivity index (χ3v) is 3.29. The van der Waals surface area contributed by atoms with Crippen molar-refractivity contribution < 1.29 is 4.74 Å². The van der Waals surface area contributed by atoms with Crippen molar-refractivity contribution in [3.8, 4) is 5.75 Å². The second-order valence-electron chi connectivity index (χ2n) is 3.28. The molecule has 0 aliphatic carbocycles. The molecule has 0 saturated carbocycles. The standard InChI is InChI=1S/C11H14N2OS/c1-14-11-4-2-10(3-5-11)8-15-13-7-6-12-9-13/h2-5,9H,6-8H2,1H3. The number of nitrogens with zero attached hydrogens (tertiary/aromatic N) is 2. The molecule has 2 rings (SSSR count). The Morgan fingerprint density at radius 2 is 2.20 bits per heavy atom. The minimum Gasteiger partial charge on any atom is -0.497 e. The molecule has 0 fully saturated rings.